The number of nitrogens with one attached hydrogen (secondary N) is 1. The highest BCUT2D eigenvalue weighted by molar-refractivity contribution is 9.10. The van der Waals surface area contributed by atoms with Gasteiger partial charge in [0.2, 0.25) is 5.91 Å². The molecule has 0 saturated carbocycles. The fraction of sp³-hybridized carbons (Fsp3) is 0.417. The van der Waals surface area contributed by atoms with Crippen molar-refractivity contribution in [3.05, 3.63) is 29.6 Å². The van der Waals surface area contributed by atoms with Gasteiger partial charge in [-0.2, -0.15) is 0 Å². The number of alkyl halides is 1. The van der Waals surface area contributed by atoms with Crippen molar-refractivity contribution in [3.63, 3.8) is 0 Å². The second-order valence-corrected chi connectivity index (χ2v) is 5.08. The number of halogens is 2. The minimum atomic E-state index is -0.350. The van der Waals surface area contributed by atoms with Gasteiger partial charge in [-0.3, -0.25) is 4.79 Å². The van der Waals surface area contributed by atoms with Gasteiger partial charge in [0.15, 0.2) is 0 Å². The second kappa shape index (κ2) is 5.43. The van der Waals surface area contributed by atoms with Crippen molar-refractivity contribution in [2.24, 2.45) is 5.92 Å². The summed E-state index contributed by atoms with van der Waals surface area (Å²) in [5.41, 5.74) is 1.37. The van der Waals surface area contributed by atoms with E-state index >= 15 is 0 Å². The first-order valence-corrected chi connectivity index (χ1v) is 6.04. The molecular formula is C12H15BrFNO. The summed E-state index contributed by atoms with van der Waals surface area (Å²) in [7, 11) is 0. The highest BCUT2D eigenvalue weighted by Crippen LogP contribution is 2.19. The third-order valence-electron chi connectivity index (χ3n) is 2.29. The SMILES string of the molecule is Cc1ccc(F)cc1NC(=O)C(Br)C(C)C. The van der Waals surface area contributed by atoms with Crippen LogP contribution in [0.15, 0.2) is 18.2 Å². The first-order valence-electron chi connectivity index (χ1n) is 5.13. The molecule has 4 heteroatoms. The standard InChI is InChI=1S/C12H15BrFNO/c1-7(2)11(13)12(16)15-10-6-9(14)5-4-8(10)3/h4-7,11H,1-3H3,(H,15,16). The fourth-order valence-corrected chi connectivity index (χ4v) is 1.35. The minimum Gasteiger partial charge on any atom is -0.325 e. The lowest BCUT2D eigenvalue weighted by molar-refractivity contribution is -0.116. The summed E-state index contributed by atoms with van der Waals surface area (Å²) >= 11 is 3.30. The van der Waals surface area contributed by atoms with Crippen molar-refractivity contribution in [2.75, 3.05) is 5.32 Å². The zero-order valence-electron chi connectivity index (χ0n) is 9.55. The summed E-state index contributed by atoms with van der Waals surface area (Å²) in [4.78, 5) is 11.5. The largest absolute Gasteiger partial charge is 0.325 e. The van der Waals surface area contributed by atoms with Crippen molar-refractivity contribution in [2.45, 2.75) is 25.6 Å². The number of aryl methyl sites for hydroxylation is 1. The molecule has 1 atom stereocenters. The summed E-state index contributed by atoms with van der Waals surface area (Å²) in [5.74, 6) is -0.311. The van der Waals surface area contributed by atoms with Crippen LogP contribution >= 0.6 is 15.9 Å². The fourth-order valence-electron chi connectivity index (χ4n) is 1.23. The van der Waals surface area contributed by atoms with Crippen LogP contribution in [0.5, 0.6) is 0 Å². The number of rotatable bonds is 3. The van der Waals surface area contributed by atoms with Crippen molar-refractivity contribution in [1.82, 2.24) is 0 Å². The van der Waals surface area contributed by atoms with E-state index in [1.54, 1.807) is 6.07 Å². The third kappa shape index (κ3) is 3.30. The molecule has 0 aliphatic carbocycles. The lowest BCUT2D eigenvalue weighted by atomic mass is 10.1. The van der Waals surface area contributed by atoms with Gasteiger partial charge in [0.1, 0.15) is 5.82 Å². The molecule has 2 nitrogen and oxygen atoms in total. The van der Waals surface area contributed by atoms with E-state index in [1.165, 1.54) is 12.1 Å². The Balaban J connectivity index is 2.80. The lowest BCUT2D eigenvalue weighted by Gasteiger charge is -2.15. The minimum absolute atomic E-state index is 0.149. The van der Waals surface area contributed by atoms with Gasteiger partial charge in [0, 0.05) is 5.69 Å². The molecule has 1 rings (SSSR count). The van der Waals surface area contributed by atoms with Crippen LogP contribution in [-0.4, -0.2) is 10.7 Å². The molecular weight excluding hydrogens is 273 g/mol. The van der Waals surface area contributed by atoms with Gasteiger partial charge in [0.25, 0.3) is 0 Å². The molecule has 0 aromatic heterocycles. The first kappa shape index (κ1) is 13.2. The summed E-state index contributed by atoms with van der Waals surface area (Å²) in [5, 5.41) is 2.71. The van der Waals surface area contributed by atoms with Crippen LogP contribution in [0.1, 0.15) is 19.4 Å². The van der Waals surface area contributed by atoms with E-state index in [9.17, 15) is 9.18 Å². The molecule has 0 aliphatic heterocycles. The predicted octanol–water partition coefficient (Wildman–Crippen LogP) is 3.49. The molecule has 0 saturated heterocycles. The Kier molecular flexibility index (Phi) is 4.47. The van der Waals surface area contributed by atoms with E-state index in [1.807, 2.05) is 20.8 Å². The Bertz CT molecular complexity index is 393. The molecule has 1 aromatic carbocycles. The Hall–Kier alpha value is -0.900. The Morgan fingerprint density at radius 2 is 2.06 bits per heavy atom. The molecule has 88 valence electrons. The van der Waals surface area contributed by atoms with Crippen LogP contribution in [0, 0.1) is 18.7 Å². The van der Waals surface area contributed by atoms with Gasteiger partial charge in [-0.25, -0.2) is 4.39 Å². The van der Waals surface area contributed by atoms with E-state index in [2.05, 4.69) is 21.2 Å². The average Bonchev–Trinajstić information content (AvgIpc) is 2.22. The monoisotopic (exact) mass is 287 g/mol. The van der Waals surface area contributed by atoms with Gasteiger partial charge in [-0.1, -0.05) is 35.8 Å². The zero-order valence-corrected chi connectivity index (χ0v) is 11.1. The molecule has 1 N–H and O–H groups in total. The Labute approximate surface area is 103 Å². The van der Waals surface area contributed by atoms with Crippen LogP contribution < -0.4 is 5.32 Å². The Morgan fingerprint density at radius 1 is 1.44 bits per heavy atom. The normalized spacial score (nSPS) is 12.6. The number of hydrogen-bond acceptors (Lipinski definition) is 1. The molecule has 0 bridgehead atoms. The Morgan fingerprint density at radius 3 is 2.62 bits per heavy atom. The third-order valence-corrected chi connectivity index (χ3v) is 3.77. The summed E-state index contributed by atoms with van der Waals surface area (Å²) in [6.45, 7) is 5.71. The molecule has 0 spiro atoms. The maximum absolute atomic E-state index is 13.0. The number of hydrogen-bond donors (Lipinski definition) is 1. The van der Waals surface area contributed by atoms with Crippen LogP contribution in [0.25, 0.3) is 0 Å². The number of carbonyl (C=O) groups excluding carboxylic acids is 1. The van der Waals surface area contributed by atoms with E-state index < -0.39 is 0 Å². The highest BCUT2D eigenvalue weighted by Gasteiger charge is 2.19. The quantitative estimate of drug-likeness (QED) is 0.847. The lowest BCUT2D eigenvalue weighted by Crippen LogP contribution is -2.27. The smallest absolute Gasteiger partial charge is 0.238 e. The predicted molar refractivity (Wildman–Crippen MR) is 67.3 cm³/mol. The van der Waals surface area contributed by atoms with Crippen molar-refractivity contribution < 1.29 is 9.18 Å². The molecule has 1 amide bonds. The average molecular weight is 288 g/mol. The maximum atomic E-state index is 13.0. The molecule has 1 unspecified atom stereocenters. The van der Waals surface area contributed by atoms with Crippen molar-refractivity contribution in [1.29, 1.82) is 0 Å². The highest BCUT2D eigenvalue weighted by atomic mass is 79.9. The van der Waals surface area contributed by atoms with Crippen molar-refractivity contribution in [3.8, 4) is 0 Å². The molecule has 16 heavy (non-hydrogen) atoms. The van der Waals surface area contributed by atoms with Gasteiger partial charge in [-0.15, -0.1) is 0 Å². The van der Waals surface area contributed by atoms with E-state index in [0.29, 0.717) is 5.69 Å². The number of benzene rings is 1. The number of anilines is 1. The number of amides is 1. The van der Waals surface area contributed by atoms with Gasteiger partial charge in [-0.05, 0) is 30.5 Å². The number of carbonyl (C=O) groups is 1. The summed E-state index contributed by atoms with van der Waals surface area (Å²) in [6.07, 6.45) is 0. The van der Waals surface area contributed by atoms with E-state index in [4.69, 9.17) is 0 Å². The zero-order chi connectivity index (χ0) is 12.3. The summed E-state index contributed by atoms with van der Waals surface area (Å²) < 4.78 is 13.0. The van der Waals surface area contributed by atoms with Crippen molar-refractivity contribution >= 4 is 27.5 Å². The molecule has 0 aliphatic rings. The second-order valence-electron chi connectivity index (χ2n) is 4.09. The van der Waals surface area contributed by atoms with Gasteiger partial charge < -0.3 is 5.32 Å². The van der Waals surface area contributed by atoms with E-state index in [-0.39, 0.29) is 22.5 Å². The van der Waals surface area contributed by atoms with Crippen LogP contribution in [0.4, 0.5) is 10.1 Å². The maximum Gasteiger partial charge on any atom is 0.238 e. The van der Waals surface area contributed by atoms with Gasteiger partial charge in [0.05, 0.1) is 4.83 Å². The first-order chi connectivity index (χ1) is 7.41. The van der Waals surface area contributed by atoms with Gasteiger partial charge >= 0.3 is 0 Å². The molecule has 0 fully saturated rings. The molecule has 1 aromatic rings. The van der Waals surface area contributed by atoms with E-state index in [0.717, 1.165) is 5.56 Å². The van der Waals surface area contributed by atoms with Crippen LogP contribution in [0.3, 0.4) is 0 Å². The van der Waals surface area contributed by atoms with Crippen LogP contribution in [-0.2, 0) is 4.79 Å². The van der Waals surface area contributed by atoms with Crippen LogP contribution in [0.2, 0.25) is 0 Å². The molecule has 0 radical (unpaired) electrons. The molecule has 0 heterocycles. The summed E-state index contributed by atoms with van der Waals surface area (Å²) in [6, 6.07) is 4.34. The topological polar surface area (TPSA) is 29.1 Å².